The molecule has 0 atom stereocenters. The van der Waals surface area contributed by atoms with Crippen molar-refractivity contribution in [2.75, 3.05) is 19.7 Å². The fourth-order valence-electron chi connectivity index (χ4n) is 3.51. The molecule has 0 bridgehead atoms. The minimum absolute atomic E-state index is 0.764. The number of nitrogens with one attached hydrogen (secondary N) is 1. The number of benzene rings is 1. The van der Waals surface area contributed by atoms with Crippen LogP contribution in [0.25, 0.3) is 11.0 Å². The number of piperidine rings is 1. The normalized spacial score (nSPS) is 19.3. The van der Waals surface area contributed by atoms with Gasteiger partial charge in [0.25, 0.3) is 0 Å². The van der Waals surface area contributed by atoms with Gasteiger partial charge in [0, 0.05) is 10.9 Å². The summed E-state index contributed by atoms with van der Waals surface area (Å²) in [6.45, 7) is 5.23. The lowest BCUT2D eigenvalue weighted by molar-refractivity contribution is 0.297. The third-order valence-corrected chi connectivity index (χ3v) is 5.33. The van der Waals surface area contributed by atoms with Gasteiger partial charge in [0.05, 0.1) is 12.3 Å². The molecule has 4 nitrogen and oxygen atoms in total. The van der Waals surface area contributed by atoms with E-state index in [9.17, 15) is 0 Å². The van der Waals surface area contributed by atoms with Crippen LogP contribution in [0.15, 0.2) is 16.7 Å². The molecule has 4 heteroatoms. The molecule has 0 amide bonds. The highest BCUT2D eigenvalue weighted by Gasteiger charge is 2.23. The number of rotatable bonds is 6. The maximum absolute atomic E-state index is 5.94. The summed E-state index contributed by atoms with van der Waals surface area (Å²) >= 11 is 0. The predicted octanol–water partition coefficient (Wildman–Crippen LogP) is 3.86. The molecule has 2 aromatic rings. The van der Waals surface area contributed by atoms with Crippen LogP contribution >= 0.6 is 0 Å². The van der Waals surface area contributed by atoms with E-state index in [4.69, 9.17) is 9.26 Å². The standard InChI is InChI=1S/C19H26N2O2/c1-13-18(22-12-15-2-3-15)7-5-16-17(21-23-19(13)16)6-4-14-8-10-20-11-9-14/h5,7,14-15,20H,2-4,6,8-12H2,1H3. The number of ether oxygens (including phenoxy) is 1. The number of aromatic nitrogens is 1. The van der Waals surface area contributed by atoms with E-state index in [1.807, 2.05) is 0 Å². The van der Waals surface area contributed by atoms with Crippen LogP contribution in [0, 0.1) is 18.8 Å². The van der Waals surface area contributed by atoms with Gasteiger partial charge < -0.3 is 14.6 Å². The van der Waals surface area contributed by atoms with Crippen molar-refractivity contribution in [1.82, 2.24) is 10.5 Å². The smallest absolute Gasteiger partial charge is 0.173 e. The van der Waals surface area contributed by atoms with Crippen molar-refractivity contribution < 1.29 is 9.26 Å². The number of hydrogen-bond acceptors (Lipinski definition) is 4. The minimum atomic E-state index is 0.764. The molecule has 1 saturated carbocycles. The molecule has 0 radical (unpaired) electrons. The lowest BCUT2D eigenvalue weighted by Crippen LogP contribution is -2.27. The number of aryl methyl sites for hydroxylation is 2. The Bertz CT molecular complexity index is 669. The molecule has 1 saturated heterocycles. The zero-order valence-electron chi connectivity index (χ0n) is 13.9. The second-order valence-corrected chi connectivity index (χ2v) is 7.18. The summed E-state index contributed by atoms with van der Waals surface area (Å²) in [6, 6.07) is 4.21. The van der Waals surface area contributed by atoms with Crippen LogP contribution in [0.5, 0.6) is 5.75 Å². The zero-order valence-corrected chi connectivity index (χ0v) is 13.9. The van der Waals surface area contributed by atoms with Gasteiger partial charge in [-0.2, -0.15) is 0 Å². The first-order valence-electron chi connectivity index (χ1n) is 9.02. The molecule has 124 valence electrons. The van der Waals surface area contributed by atoms with E-state index in [0.29, 0.717) is 0 Å². The van der Waals surface area contributed by atoms with E-state index in [1.54, 1.807) is 0 Å². The van der Waals surface area contributed by atoms with Crippen LogP contribution in [0.2, 0.25) is 0 Å². The van der Waals surface area contributed by atoms with Crippen molar-refractivity contribution in [3.63, 3.8) is 0 Å². The molecule has 0 unspecified atom stereocenters. The summed E-state index contributed by atoms with van der Waals surface area (Å²) in [5.74, 6) is 2.54. The Kier molecular flexibility index (Phi) is 4.25. The first-order valence-corrected chi connectivity index (χ1v) is 9.02. The van der Waals surface area contributed by atoms with Crippen molar-refractivity contribution in [3.05, 3.63) is 23.4 Å². The Balaban J connectivity index is 1.46. The van der Waals surface area contributed by atoms with Crippen molar-refractivity contribution in [1.29, 1.82) is 0 Å². The monoisotopic (exact) mass is 314 g/mol. The van der Waals surface area contributed by atoms with E-state index in [0.717, 1.165) is 65.9 Å². The van der Waals surface area contributed by atoms with Gasteiger partial charge in [-0.3, -0.25) is 0 Å². The summed E-state index contributed by atoms with van der Waals surface area (Å²) in [6.07, 6.45) is 7.42. The van der Waals surface area contributed by atoms with Gasteiger partial charge in [-0.05, 0) is 82.5 Å². The average molecular weight is 314 g/mol. The summed E-state index contributed by atoms with van der Waals surface area (Å²) in [7, 11) is 0. The molecule has 4 rings (SSSR count). The number of fused-ring (bicyclic) bond motifs is 1. The van der Waals surface area contributed by atoms with Crippen LogP contribution < -0.4 is 10.1 Å². The highest BCUT2D eigenvalue weighted by atomic mass is 16.5. The fourth-order valence-corrected chi connectivity index (χ4v) is 3.51. The van der Waals surface area contributed by atoms with Gasteiger partial charge >= 0.3 is 0 Å². The minimum Gasteiger partial charge on any atom is -0.493 e. The maximum atomic E-state index is 5.94. The van der Waals surface area contributed by atoms with Gasteiger partial charge in [0.2, 0.25) is 0 Å². The summed E-state index contributed by atoms with van der Waals surface area (Å²) in [4.78, 5) is 0. The van der Waals surface area contributed by atoms with Gasteiger partial charge in [-0.1, -0.05) is 5.16 Å². The van der Waals surface area contributed by atoms with Crippen LogP contribution in [-0.2, 0) is 6.42 Å². The topological polar surface area (TPSA) is 47.3 Å². The second-order valence-electron chi connectivity index (χ2n) is 7.18. The molecule has 23 heavy (non-hydrogen) atoms. The first kappa shape index (κ1) is 15.0. The van der Waals surface area contributed by atoms with E-state index >= 15 is 0 Å². The van der Waals surface area contributed by atoms with E-state index in [-0.39, 0.29) is 0 Å². The largest absolute Gasteiger partial charge is 0.493 e. The Labute approximate surface area is 137 Å². The van der Waals surface area contributed by atoms with Gasteiger partial charge in [0.1, 0.15) is 5.75 Å². The molecule has 1 aliphatic heterocycles. The Morgan fingerprint density at radius 3 is 2.78 bits per heavy atom. The molecule has 2 heterocycles. The molecular weight excluding hydrogens is 288 g/mol. The molecule has 1 aliphatic carbocycles. The lowest BCUT2D eigenvalue weighted by atomic mass is 9.92. The first-order chi connectivity index (χ1) is 11.3. The summed E-state index contributed by atoms with van der Waals surface area (Å²) < 4.78 is 11.6. The maximum Gasteiger partial charge on any atom is 0.173 e. The second kappa shape index (κ2) is 6.52. The Hall–Kier alpha value is -1.55. The van der Waals surface area contributed by atoms with E-state index in [2.05, 4.69) is 29.5 Å². The Morgan fingerprint density at radius 2 is 2.00 bits per heavy atom. The summed E-state index contributed by atoms with van der Waals surface area (Å²) in [5.41, 5.74) is 3.10. The van der Waals surface area contributed by atoms with E-state index < -0.39 is 0 Å². The predicted molar refractivity (Wildman–Crippen MR) is 90.9 cm³/mol. The van der Waals surface area contributed by atoms with Gasteiger partial charge in [-0.25, -0.2) is 0 Å². The quantitative estimate of drug-likeness (QED) is 0.879. The Morgan fingerprint density at radius 1 is 1.17 bits per heavy atom. The highest BCUT2D eigenvalue weighted by Crippen LogP contribution is 2.33. The van der Waals surface area contributed by atoms with Crippen molar-refractivity contribution in [3.8, 4) is 5.75 Å². The van der Waals surface area contributed by atoms with Gasteiger partial charge in [0.15, 0.2) is 5.58 Å². The van der Waals surface area contributed by atoms with Crippen LogP contribution in [0.1, 0.15) is 43.4 Å². The molecule has 1 aromatic carbocycles. The van der Waals surface area contributed by atoms with Crippen LogP contribution in [-0.4, -0.2) is 24.9 Å². The molecule has 1 N–H and O–H groups in total. The van der Waals surface area contributed by atoms with E-state index in [1.165, 1.54) is 32.1 Å². The van der Waals surface area contributed by atoms with Crippen molar-refractivity contribution in [2.45, 2.75) is 45.4 Å². The fraction of sp³-hybridized carbons (Fsp3) is 0.632. The lowest BCUT2D eigenvalue weighted by Gasteiger charge is -2.21. The highest BCUT2D eigenvalue weighted by molar-refractivity contribution is 5.84. The van der Waals surface area contributed by atoms with Crippen LogP contribution in [0.4, 0.5) is 0 Å². The zero-order chi connectivity index (χ0) is 15.6. The molecule has 1 aromatic heterocycles. The average Bonchev–Trinajstić information content (AvgIpc) is 3.32. The molecule has 0 spiro atoms. The van der Waals surface area contributed by atoms with Crippen molar-refractivity contribution >= 4 is 11.0 Å². The molecular formula is C19H26N2O2. The van der Waals surface area contributed by atoms with Gasteiger partial charge in [-0.15, -0.1) is 0 Å². The number of nitrogens with zero attached hydrogens (tertiary/aromatic N) is 1. The number of hydrogen-bond donors (Lipinski definition) is 1. The third kappa shape index (κ3) is 3.37. The van der Waals surface area contributed by atoms with Crippen LogP contribution in [0.3, 0.4) is 0 Å². The third-order valence-electron chi connectivity index (χ3n) is 5.33. The SMILES string of the molecule is Cc1c(OCC2CC2)ccc2c(CCC3CCNCC3)noc12. The molecule has 2 aliphatic rings. The molecule has 2 fully saturated rings. The van der Waals surface area contributed by atoms with Crippen molar-refractivity contribution in [2.24, 2.45) is 11.8 Å². The summed E-state index contributed by atoms with van der Waals surface area (Å²) in [5, 5.41) is 8.93.